The highest BCUT2D eigenvalue weighted by atomic mass is 15.1. The summed E-state index contributed by atoms with van der Waals surface area (Å²) in [5, 5.41) is 0. The van der Waals surface area contributed by atoms with Crippen LogP contribution in [-0.4, -0.2) is 24.5 Å². The minimum Gasteiger partial charge on any atom is -0.303 e. The molecule has 0 atom stereocenters. The number of hydrogen-bond acceptors (Lipinski definition) is 1. The predicted octanol–water partition coefficient (Wildman–Crippen LogP) is 3.97. The van der Waals surface area contributed by atoms with Gasteiger partial charge in [0.1, 0.15) is 0 Å². The van der Waals surface area contributed by atoms with Crippen molar-refractivity contribution < 1.29 is 0 Å². The van der Waals surface area contributed by atoms with Gasteiger partial charge in [0, 0.05) is 6.54 Å². The summed E-state index contributed by atoms with van der Waals surface area (Å²) in [7, 11) is 0. The zero-order chi connectivity index (χ0) is 11.9. The minimum atomic E-state index is 1.18. The average Bonchev–Trinajstić information content (AvgIpc) is 2.41. The second-order valence-electron chi connectivity index (χ2n) is 4.94. The summed E-state index contributed by atoms with van der Waals surface area (Å²) in [6, 6.07) is 10.7. The molecule has 0 radical (unpaired) electrons. The molecule has 17 heavy (non-hydrogen) atoms. The molecular weight excluding hydrogens is 206 g/mol. The van der Waals surface area contributed by atoms with E-state index in [4.69, 9.17) is 0 Å². The molecule has 92 valence electrons. The Bertz CT molecular complexity index is 347. The van der Waals surface area contributed by atoms with Gasteiger partial charge >= 0.3 is 0 Å². The predicted molar refractivity (Wildman–Crippen MR) is 75.0 cm³/mol. The largest absolute Gasteiger partial charge is 0.303 e. The Morgan fingerprint density at radius 3 is 2.53 bits per heavy atom. The van der Waals surface area contributed by atoms with E-state index in [1.165, 1.54) is 56.5 Å². The van der Waals surface area contributed by atoms with E-state index in [1.807, 2.05) is 0 Å². The minimum absolute atomic E-state index is 1.18. The normalized spacial score (nSPS) is 18.3. The molecule has 1 aromatic carbocycles. The van der Waals surface area contributed by atoms with E-state index < -0.39 is 0 Å². The Morgan fingerprint density at radius 2 is 1.82 bits per heavy atom. The Kier molecular flexibility index (Phi) is 4.81. The molecular formula is C16H23N. The first-order chi connectivity index (χ1) is 8.36. The molecule has 0 saturated carbocycles. The van der Waals surface area contributed by atoms with E-state index in [2.05, 4.69) is 48.2 Å². The quantitative estimate of drug-likeness (QED) is 0.755. The molecule has 1 heterocycles. The van der Waals surface area contributed by atoms with Gasteiger partial charge in [0.25, 0.3) is 0 Å². The van der Waals surface area contributed by atoms with Crippen molar-refractivity contribution in [3.05, 3.63) is 42.0 Å². The number of rotatable bonds is 4. The van der Waals surface area contributed by atoms with Crippen LogP contribution in [0.1, 0.15) is 38.2 Å². The summed E-state index contributed by atoms with van der Waals surface area (Å²) in [5.74, 6) is 0. The molecule has 0 aliphatic carbocycles. The van der Waals surface area contributed by atoms with Gasteiger partial charge in [0.15, 0.2) is 0 Å². The lowest BCUT2D eigenvalue weighted by Crippen LogP contribution is -2.30. The Labute approximate surface area is 105 Å². The molecule has 2 rings (SSSR count). The number of piperidine rings is 1. The number of likely N-dealkylation sites (tertiary alicyclic amines) is 1. The molecule has 1 heteroatoms. The molecule has 0 unspecified atom stereocenters. The van der Waals surface area contributed by atoms with Gasteiger partial charge in [-0.05, 0) is 50.4 Å². The Morgan fingerprint density at radius 1 is 1.12 bits per heavy atom. The molecule has 1 fully saturated rings. The molecule has 1 nitrogen and oxygen atoms in total. The zero-order valence-corrected chi connectivity index (χ0v) is 10.9. The molecule has 0 N–H and O–H groups in total. The van der Waals surface area contributed by atoms with Crippen LogP contribution in [0, 0.1) is 0 Å². The van der Waals surface area contributed by atoms with Crippen LogP contribution in [0.3, 0.4) is 0 Å². The van der Waals surface area contributed by atoms with Crippen molar-refractivity contribution in [1.29, 1.82) is 0 Å². The van der Waals surface area contributed by atoms with Gasteiger partial charge in [-0.2, -0.15) is 0 Å². The third-order valence-corrected chi connectivity index (χ3v) is 3.57. The Balaban J connectivity index is 1.80. The summed E-state index contributed by atoms with van der Waals surface area (Å²) in [6.45, 7) is 6.05. The van der Waals surface area contributed by atoms with Gasteiger partial charge in [-0.3, -0.25) is 0 Å². The molecule has 0 amide bonds. The molecule has 1 aromatic rings. The van der Waals surface area contributed by atoms with Crippen molar-refractivity contribution in [1.82, 2.24) is 4.90 Å². The maximum Gasteiger partial charge on any atom is 0.00161 e. The fourth-order valence-electron chi connectivity index (χ4n) is 2.47. The van der Waals surface area contributed by atoms with Gasteiger partial charge in [-0.15, -0.1) is 0 Å². The molecule has 0 spiro atoms. The van der Waals surface area contributed by atoms with Crippen molar-refractivity contribution >= 4 is 5.57 Å². The number of nitrogens with zero attached hydrogens (tertiary/aromatic N) is 1. The van der Waals surface area contributed by atoms with Gasteiger partial charge in [-0.25, -0.2) is 0 Å². The second kappa shape index (κ2) is 6.61. The molecule has 1 aliphatic rings. The monoisotopic (exact) mass is 229 g/mol. The number of allylic oxidation sites excluding steroid dienone is 1. The van der Waals surface area contributed by atoms with E-state index in [0.717, 1.165) is 0 Å². The summed E-state index contributed by atoms with van der Waals surface area (Å²) in [5.41, 5.74) is 2.76. The van der Waals surface area contributed by atoms with Crippen molar-refractivity contribution in [2.75, 3.05) is 19.6 Å². The van der Waals surface area contributed by atoms with Crippen LogP contribution in [0.5, 0.6) is 0 Å². The SMILES string of the molecule is CC(=CCCN1CCCCC1)c1ccccc1. The maximum absolute atomic E-state index is 2.60. The highest BCUT2D eigenvalue weighted by molar-refractivity contribution is 5.63. The van der Waals surface area contributed by atoms with E-state index in [9.17, 15) is 0 Å². The molecule has 0 aromatic heterocycles. The van der Waals surface area contributed by atoms with Gasteiger partial charge in [0.05, 0.1) is 0 Å². The van der Waals surface area contributed by atoms with Gasteiger partial charge in [0.2, 0.25) is 0 Å². The van der Waals surface area contributed by atoms with Crippen LogP contribution in [0.2, 0.25) is 0 Å². The van der Waals surface area contributed by atoms with Crippen LogP contribution >= 0.6 is 0 Å². The summed E-state index contributed by atoms with van der Waals surface area (Å²) in [6.07, 6.45) is 7.77. The summed E-state index contributed by atoms with van der Waals surface area (Å²) in [4.78, 5) is 2.60. The van der Waals surface area contributed by atoms with Crippen molar-refractivity contribution in [2.45, 2.75) is 32.6 Å². The van der Waals surface area contributed by atoms with Crippen molar-refractivity contribution in [3.8, 4) is 0 Å². The maximum atomic E-state index is 2.60. The van der Waals surface area contributed by atoms with Gasteiger partial charge < -0.3 is 4.90 Å². The molecule has 1 aliphatic heterocycles. The van der Waals surface area contributed by atoms with E-state index in [-0.39, 0.29) is 0 Å². The average molecular weight is 229 g/mol. The summed E-state index contributed by atoms with van der Waals surface area (Å²) < 4.78 is 0. The van der Waals surface area contributed by atoms with Crippen molar-refractivity contribution in [3.63, 3.8) is 0 Å². The third-order valence-electron chi connectivity index (χ3n) is 3.57. The van der Waals surface area contributed by atoms with E-state index in [0.29, 0.717) is 0 Å². The van der Waals surface area contributed by atoms with E-state index >= 15 is 0 Å². The van der Waals surface area contributed by atoms with Crippen LogP contribution in [0.25, 0.3) is 5.57 Å². The van der Waals surface area contributed by atoms with Crippen molar-refractivity contribution in [2.24, 2.45) is 0 Å². The first-order valence-electron chi connectivity index (χ1n) is 6.81. The second-order valence-corrected chi connectivity index (χ2v) is 4.94. The zero-order valence-electron chi connectivity index (χ0n) is 10.9. The fraction of sp³-hybridized carbons (Fsp3) is 0.500. The van der Waals surface area contributed by atoms with Crippen LogP contribution in [-0.2, 0) is 0 Å². The smallest absolute Gasteiger partial charge is 0.00161 e. The Hall–Kier alpha value is -1.08. The van der Waals surface area contributed by atoms with Crippen LogP contribution < -0.4 is 0 Å². The lowest BCUT2D eigenvalue weighted by atomic mass is 10.1. The standard InChI is InChI=1S/C16H23N/c1-15(16-10-4-2-5-11-16)9-8-14-17-12-6-3-7-13-17/h2,4-5,9-11H,3,6-8,12-14H2,1H3. The fourth-order valence-corrected chi connectivity index (χ4v) is 2.47. The lowest BCUT2D eigenvalue weighted by Gasteiger charge is -2.25. The van der Waals surface area contributed by atoms with Crippen LogP contribution in [0.15, 0.2) is 36.4 Å². The third kappa shape index (κ3) is 4.01. The lowest BCUT2D eigenvalue weighted by molar-refractivity contribution is 0.233. The summed E-state index contributed by atoms with van der Waals surface area (Å²) >= 11 is 0. The highest BCUT2D eigenvalue weighted by Crippen LogP contribution is 2.14. The van der Waals surface area contributed by atoms with Crippen LogP contribution in [0.4, 0.5) is 0 Å². The van der Waals surface area contributed by atoms with E-state index in [1.54, 1.807) is 0 Å². The molecule has 0 bridgehead atoms. The first kappa shape index (κ1) is 12.4. The first-order valence-corrected chi connectivity index (χ1v) is 6.81. The molecule has 1 saturated heterocycles. The number of benzene rings is 1. The number of hydrogen-bond donors (Lipinski definition) is 0. The van der Waals surface area contributed by atoms with Gasteiger partial charge in [-0.1, -0.05) is 42.8 Å². The topological polar surface area (TPSA) is 3.24 Å². The highest BCUT2D eigenvalue weighted by Gasteiger charge is 2.08.